The number of thioether (sulfide) groups is 1. The molecule has 4 heteroatoms. The lowest BCUT2D eigenvalue weighted by Gasteiger charge is -2.30. The van der Waals surface area contributed by atoms with Crippen molar-refractivity contribution in [3.63, 3.8) is 0 Å². The van der Waals surface area contributed by atoms with Crippen molar-refractivity contribution in [2.45, 2.75) is 32.2 Å². The molecule has 0 aromatic heterocycles. The van der Waals surface area contributed by atoms with Gasteiger partial charge in [0.25, 0.3) is 0 Å². The van der Waals surface area contributed by atoms with Crippen molar-refractivity contribution >= 4 is 17.8 Å². The Morgan fingerprint density at radius 2 is 1.62 bits per heavy atom. The Morgan fingerprint density at radius 1 is 1.15 bits per heavy atom. The Labute approximate surface area is 85.5 Å². The first-order valence-corrected chi connectivity index (χ1v) is 5.73. The van der Waals surface area contributed by atoms with Crippen LogP contribution in [0.25, 0.3) is 0 Å². The predicted molar refractivity (Wildman–Crippen MR) is 59.0 cm³/mol. The number of amides is 2. The second kappa shape index (κ2) is 5.37. The molecule has 1 unspecified atom stereocenters. The molecule has 78 valence electrons. The summed E-state index contributed by atoms with van der Waals surface area (Å²) in [7, 11) is 3.67. The molecular formula is C9H20N2OS. The summed E-state index contributed by atoms with van der Waals surface area (Å²) in [6.07, 6.45) is 2.00. The smallest absolute Gasteiger partial charge is 0.320 e. The van der Waals surface area contributed by atoms with Crippen LogP contribution in [0.1, 0.15) is 20.8 Å². The Bertz CT molecular complexity index is 173. The number of carbonyl (C=O) groups excluding carboxylic acids is 1. The van der Waals surface area contributed by atoms with Crippen molar-refractivity contribution in [2.24, 2.45) is 0 Å². The average Bonchev–Trinajstić information content (AvgIpc) is 2.12. The summed E-state index contributed by atoms with van der Waals surface area (Å²) in [5.41, 5.74) is 0. The predicted octanol–water partition coefficient (Wildman–Crippen LogP) is 2.09. The van der Waals surface area contributed by atoms with E-state index in [1.807, 2.05) is 41.1 Å². The van der Waals surface area contributed by atoms with E-state index in [2.05, 4.69) is 0 Å². The second-order valence-corrected chi connectivity index (χ2v) is 4.59. The van der Waals surface area contributed by atoms with Crippen molar-refractivity contribution < 1.29 is 4.79 Å². The van der Waals surface area contributed by atoms with Gasteiger partial charge >= 0.3 is 6.03 Å². The molecule has 0 bridgehead atoms. The molecule has 0 saturated carbocycles. The van der Waals surface area contributed by atoms with Gasteiger partial charge in [-0.2, -0.15) is 0 Å². The molecule has 2 amide bonds. The molecule has 0 aliphatic carbocycles. The summed E-state index contributed by atoms with van der Waals surface area (Å²) in [5, 5.41) is 0.230. The van der Waals surface area contributed by atoms with Gasteiger partial charge in [0.1, 0.15) is 0 Å². The minimum absolute atomic E-state index is 0.0804. The van der Waals surface area contributed by atoms with Crippen molar-refractivity contribution in [3.05, 3.63) is 0 Å². The third-order valence-corrected chi connectivity index (χ3v) is 3.26. The van der Waals surface area contributed by atoms with Gasteiger partial charge in [0, 0.05) is 20.1 Å². The lowest BCUT2D eigenvalue weighted by molar-refractivity contribution is 0.161. The van der Waals surface area contributed by atoms with Gasteiger partial charge in [0.05, 0.1) is 5.37 Å². The van der Waals surface area contributed by atoms with E-state index in [4.69, 9.17) is 0 Å². The Kier molecular flexibility index (Phi) is 5.21. The van der Waals surface area contributed by atoms with Crippen LogP contribution in [-0.2, 0) is 0 Å². The summed E-state index contributed by atoms with van der Waals surface area (Å²) in [4.78, 5) is 15.2. The van der Waals surface area contributed by atoms with Crippen molar-refractivity contribution in [2.75, 3.05) is 20.4 Å². The van der Waals surface area contributed by atoms with Crippen LogP contribution < -0.4 is 0 Å². The Balaban J connectivity index is 4.25. The molecule has 0 aromatic rings. The number of rotatable bonds is 3. The van der Waals surface area contributed by atoms with Crippen LogP contribution in [0.2, 0.25) is 0 Å². The van der Waals surface area contributed by atoms with E-state index in [0.717, 1.165) is 0 Å². The molecular weight excluding hydrogens is 184 g/mol. The average molecular weight is 204 g/mol. The molecule has 0 fully saturated rings. The van der Waals surface area contributed by atoms with Gasteiger partial charge < -0.3 is 9.80 Å². The molecule has 0 aliphatic rings. The normalized spacial score (nSPS) is 12.8. The quantitative estimate of drug-likeness (QED) is 0.657. The highest BCUT2D eigenvalue weighted by Gasteiger charge is 2.19. The number of hydrogen-bond acceptors (Lipinski definition) is 2. The van der Waals surface area contributed by atoms with Crippen LogP contribution in [0.5, 0.6) is 0 Å². The number of hydrogen-bond donors (Lipinski definition) is 0. The van der Waals surface area contributed by atoms with E-state index < -0.39 is 0 Å². The molecule has 0 N–H and O–H groups in total. The minimum Gasteiger partial charge on any atom is -0.325 e. The zero-order valence-electron chi connectivity index (χ0n) is 9.37. The van der Waals surface area contributed by atoms with Gasteiger partial charge in [0.2, 0.25) is 0 Å². The Hall–Kier alpha value is -0.380. The van der Waals surface area contributed by atoms with Crippen LogP contribution in [0.3, 0.4) is 0 Å². The fourth-order valence-electron chi connectivity index (χ4n) is 0.783. The lowest BCUT2D eigenvalue weighted by atomic mass is 10.3. The van der Waals surface area contributed by atoms with Gasteiger partial charge in [-0.15, -0.1) is 11.8 Å². The maximum atomic E-state index is 11.7. The monoisotopic (exact) mass is 204 g/mol. The van der Waals surface area contributed by atoms with E-state index in [0.29, 0.717) is 0 Å². The number of urea groups is 1. The topological polar surface area (TPSA) is 23.6 Å². The summed E-state index contributed by atoms with van der Waals surface area (Å²) < 4.78 is 0. The molecule has 13 heavy (non-hydrogen) atoms. The van der Waals surface area contributed by atoms with Crippen LogP contribution in [-0.4, -0.2) is 47.6 Å². The number of nitrogens with zero attached hydrogens (tertiary/aromatic N) is 2. The summed E-state index contributed by atoms with van der Waals surface area (Å²) in [6, 6.07) is 0.334. The molecule has 0 spiro atoms. The summed E-state index contributed by atoms with van der Waals surface area (Å²) in [6.45, 7) is 6.04. The van der Waals surface area contributed by atoms with E-state index in [1.165, 1.54) is 0 Å². The van der Waals surface area contributed by atoms with Crippen molar-refractivity contribution in [3.8, 4) is 0 Å². The lowest BCUT2D eigenvalue weighted by Crippen LogP contribution is -2.44. The largest absolute Gasteiger partial charge is 0.325 e. The SMILES string of the molecule is CSC(C)N(C)C(=O)N(C)C(C)C. The van der Waals surface area contributed by atoms with E-state index in [-0.39, 0.29) is 17.4 Å². The van der Waals surface area contributed by atoms with Gasteiger partial charge in [-0.3, -0.25) is 0 Å². The second-order valence-electron chi connectivity index (χ2n) is 3.43. The summed E-state index contributed by atoms with van der Waals surface area (Å²) >= 11 is 1.67. The fourth-order valence-corrected chi connectivity index (χ4v) is 1.19. The third-order valence-electron chi connectivity index (χ3n) is 2.26. The van der Waals surface area contributed by atoms with Gasteiger partial charge in [-0.1, -0.05) is 0 Å². The van der Waals surface area contributed by atoms with Gasteiger partial charge in [0.15, 0.2) is 0 Å². The van der Waals surface area contributed by atoms with Crippen LogP contribution in [0.4, 0.5) is 4.79 Å². The molecule has 0 aliphatic heterocycles. The molecule has 0 aromatic carbocycles. The summed E-state index contributed by atoms with van der Waals surface area (Å²) in [5.74, 6) is 0. The molecule has 0 radical (unpaired) electrons. The van der Waals surface area contributed by atoms with Gasteiger partial charge in [-0.25, -0.2) is 4.79 Å². The maximum Gasteiger partial charge on any atom is 0.320 e. The number of carbonyl (C=O) groups is 1. The molecule has 0 rings (SSSR count). The zero-order chi connectivity index (χ0) is 10.6. The fraction of sp³-hybridized carbons (Fsp3) is 0.889. The van der Waals surface area contributed by atoms with Gasteiger partial charge in [-0.05, 0) is 27.0 Å². The molecule has 0 heterocycles. The molecule has 0 saturated heterocycles. The van der Waals surface area contributed by atoms with Crippen molar-refractivity contribution in [1.29, 1.82) is 0 Å². The van der Waals surface area contributed by atoms with Crippen molar-refractivity contribution in [1.82, 2.24) is 9.80 Å². The minimum atomic E-state index is 0.0804. The van der Waals surface area contributed by atoms with E-state index >= 15 is 0 Å². The van der Waals surface area contributed by atoms with Crippen LogP contribution >= 0.6 is 11.8 Å². The maximum absolute atomic E-state index is 11.7. The first-order valence-electron chi connectivity index (χ1n) is 4.44. The Morgan fingerprint density at radius 3 is 1.92 bits per heavy atom. The molecule has 3 nitrogen and oxygen atoms in total. The standard InChI is InChI=1S/C9H20N2OS/c1-7(2)10(4)9(12)11(5)8(3)13-6/h7-8H,1-6H3. The highest BCUT2D eigenvalue weighted by molar-refractivity contribution is 7.99. The zero-order valence-corrected chi connectivity index (χ0v) is 10.2. The van der Waals surface area contributed by atoms with E-state index in [1.54, 1.807) is 21.6 Å². The van der Waals surface area contributed by atoms with Crippen LogP contribution in [0.15, 0.2) is 0 Å². The highest BCUT2D eigenvalue weighted by Crippen LogP contribution is 2.12. The van der Waals surface area contributed by atoms with Crippen LogP contribution in [0, 0.1) is 0 Å². The first-order chi connectivity index (χ1) is 5.91. The first kappa shape index (κ1) is 12.6. The van der Waals surface area contributed by atoms with E-state index in [9.17, 15) is 4.79 Å². The molecule has 1 atom stereocenters. The third kappa shape index (κ3) is 3.46. The highest BCUT2D eigenvalue weighted by atomic mass is 32.2.